The lowest BCUT2D eigenvalue weighted by Gasteiger charge is -2.19. The smallest absolute Gasteiger partial charge is 0.408 e. The molecule has 26 heavy (non-hydrogen) atoms. The fraction of sp³-hybridized carbons (Fsp3) is 0.444. The van der Waals surface area contributed by atoms with Crippen molar-refractivity contribution in [2.45, 2.75) is 32.2 Å². The molecule has 3 heterocycles. The van der Waals surface area contributed by atoms with Crippen molar-refractivity contribution in [2.75, 3.05) is 19.7 Å². The molecule has 0 amide bonds. The van der Waals surface area contributed by atoms with E-state index >= 15 is 0 Å². The van der Waals surface area contributed by atoms with Crippen molar-refractivity contribution < 1.29 is 14.6 Å². The van der Waals surface area contributed by atoms with E-state index in [1.165, 1.54) is 0 Å². The van der Waals surface area contributed by atoms with Crippen molar-refractivity contribution in [3.05, 3.63) is 52.3 Å². The topological polar surface area (TPSA) is 96.7 Å². The molecule has 1 aliphatic rings. The molecule has 1 unspecified atom stereocenters. The maximum absolute atomic E-state index is 12.1. The molecule has 0 fully saturated rings. The number of nitrogens with zero attached hydrogens (tertiary/aromatic N) is 4. The maximum atomic E-state index is 12.1. The Morgan fingerprint density at radius 3 is 2.92 bits per heavy atom. The first kappa shape index (κ1) is 17.0. The van der Waals surface area contributed by atoms with Crippen molar-refractivity contribution in [3.8, 4) is 0 Å². The molecule has 0 spiro atoms. The Hall–Kier alpha value is -2.42. The highest BCUT2D eigenvalue weighted by molar-refractivity contribution is 5.72. The van der Waals surface area contributed by atoms with Gasteiger partial charge in [0, 0.05) is 32.7 Å². The molecule has 8 nitrogen and oxygen atoms in total. The van der Waals surface area contributed by atoms with Crippen LogP contribution in [0.15, 0.2) is 39.5 Å². The molecule has 0 saturated carbocycles. The second-order valence-corrected chi connectivity index (χ2v) is 6.60. The summed E-state index contributed by atoms with van der Waals surface area (Å²) in [5.41, 5.74) is 2.93. The number of aliphatic hydroxyl groups is 2. The summed E-state index contributed by atoms with van der Waals surface area (Å²) >= 11 is 0. The Balaban J connectivity index is 1.49. The maximum Gasteiger partial charge on any atom is 0.419 e. The van der Waals surface area contributed by atoms with Crippen LogP contribution in [0.25, 0.3) is 11.1 Å². The summed E-state index contributed by atoms with van der Waals surface area (Å²) in [4.78, 5) is 14.4. The molecule has 3 aromatic rings. The van der Waals surface area contributed by atoms with Gasteiger partial charge < -0.3 is 14.6 Å². The molecule has 8 heteroatoms. The number of aliphatic hydroxyl groups excluding tert-OH is 2. The van der Waals surface area contributed by atoms with Gasteiger partial charge in [0.15, 0.2) is 5.58 Å². The van der Waals surface area contributed by atoms with E-state index in [4.69, 9.17) is 9.52 Å². The average Bonchev–Trinajstić information content (AvgIpc) is 3.13. The number of fused-ring (bicyclic) bond motifs is 2. The van der Waals surface area contributed by atoms with Crippen molar-refractivity contribution in [3.63, 3.8) is 0 Å². The number of hydrogen-bond acceptors (Lipinski definition) is 6. The van der Waals surface area contributed by atoms with E-state index in [9.17, 15) is 9.90 Å². The van der Waals surface area contributed by atoms with Crippen LogP contribution < -0.4 is 5.76 Å². The molecule has 2 aromatic heterocycles. The van der Waals surface area contributed by atoms with Gasteiger partial charge in [-0.05, 0) is 24.6 Å². The van der Waals surface area contributed by atoms with Crippen molar-refractivity contribution >= 4 is 11.1 Å². The summed E-state index contributed by atoms with van der Waals surface area (Å²) < 4.78 is 8.85. The molecule has 4 rings (SSSR count). The van der Waals surface area contributed by atoms with Gasteiger partial charge in [0.25, 0.3) is 0 Å². The van der Waals surface area contributed by atoms with Gasteiger partial charge in [0.2, 0.25) is 0 Å². The van der Waals surface area contributed by atoms with E-state index in [0.29, 0.717) is 30.9 Å². The molecule has 138 valence electrons. The van der Waals surface area contributed by atoms with Gasteiger partial charge in [-0.2, -0.15) is 5.10 Å². The van der Waals surface area contributed by atoms with Crippen LogP contribution in [0, 0.1) is 0 Å². The zero-order chi connectivity index (χ0) is 18.1. The number of aryl methyl sites for hydroxylation is 1. The van der Waals surface area contributed by atoms with Gasteiger partial charge in [0.05, 0.1) is 23.5 Å². The van der Waals surface area contributed by atoms with Crippen LogP contribution in [0.2, 0.25) is 0 Å². The number of hydrogen-bond donors (Lipinski definition) is 2. The minimum Gasteiger partial charge on any atom is -0.408 e. The van der Waals surface area contributed by atoms with Crippen LogP contribution in [0.3, 0.4) is 0 Å². The third kappa shape index (κ3) is 3.18. The lowest BCUT2D eigenvalue weighted by molar-refractivity contribution is 0.0916. The van der Waals surface area contributed by atoms with Crippen LogP contribution in [0.4, 0.5) is 0 Å². The van der Waals surface area contributed by atoms with Crippen LogP contribution in [-0.4, -0.2) is 49.2 Å². The van der Waals surface area contributed by atoms with Crippen LogP contribution in [0.1, 0.15) is 23.9 Å². The molecule has 1 aromatic carbocycles. The SMILES string of the molecule is O=c1oc2ccccc2n1CCN1CCCn2nc(C(O)CO)cc2C1. The zero-order valence-electron chi connectivity index (χ0n) is 14.4. The number of rotatable bonds is 5. The lowest BCUT2D eigenvalue weighted by atomic mass is 10.2. The molecular formula is C18H22N4O4. The van der Waals surface area contributed by atoms with E-state index in [-0.39, 0.29) is 12.4 Å². The van der Waals surface area contributed by atoms with E-state index in [0.717, 1.165) is 30.7 Å². The Morgan fingerprint density at radius 2 is 2.08 bits per heavy atom. The normalized spacial score (nSPS) is 16.5. The molecule has 2 N–H and O–H groups in total. The first-order valence-electron chi connectivity index (χ1n) is 8.82. The Morgan fingerprint density at radius 1 is 1.23 bits per heavy atom. The van der Waals surface area contributed by atoms with Crippen LogP contribution in [0.5, 0.6) is 0 Å². The molecule has 0 saturated heterocycles. The first-order chi connectivity index (χ1) is 12.7. The van der Waals surface area contributed by atoms with Gasteiger partial charge in [-0.15, -0.1) is 0 Å². The number of aromatic nitrogens is 3. The fourth-order valence-electron chi connectivity index (χ4n) is 3.47. The highest BCUT2D eigenvalue weighted by Gasteiger charge is 2.20. The Bertz CT molecular complexity index is 958. The third-order valence-electron chi connectivity index (χ3n) is 4.84. The van der Waals surface area contributed by atoms with E-state index in [1.807, 2.05) is 28.9 Å². The Kier molecular flexibility index (Phi) is 4.62. The third-order valence-corrected chi connectivity index (χ3v) is 4.84. The standard InChI is InChI=1S/C18H22N4O4/c23-12-16(24)14-10-13-11-20(6-3-7-22(13)19-14)8-9-21-15-4-1-2-5-17(15)26-18(21)25/h1-2,4-5,10,16,23-24H,3,6-9,11-12H2. The van der Waals surface area contributed by atoms with E-state index < -0.39 is 6.10 Å². The van der Waals surface area contributed by atoms with Crippen LogP contribution in [-0.2, 0) is 19.6 Å². The van der Waals surface area contributed by atoms with E-state index in [2.05, 4.69) is 10.00 Å². The van der Waals surface area contributed by atoms with Gasteiger partial charge in [-0.3, -0.25) is 14.1 Å². The van der Waals surface area contributed by atoms with Crippen molar-refractivity contribution in [2.24, 2.45) is 0 Å². The van der Waals surface area contributed by atoms with Gasteiger partial charge in [-0.25, -0.2) is 4.79 Å². The van der Waals surface area contributed by atoms with Gasteiger partial charge >= 0.3 is 5.76 Å². The summed E-state index contributed by atoms with van der Waals surface area (Å²) in [5.74, 6) is -0.334. The summed E-state index contributed by atoms with van der Waals surface area (Å²) in [6, 6.07) is 9.28. The first-order valence-corrected chi connectivity index (χ1v) is 8.82. The summed E-state index contributed by atoms with van der Waals surface area (Å²) in [6.45, 7) is 3.30. The summed E-state index contributed by atoms with van der Waals surface area (Å²) in [6.07, 6.45) is -0.0107. The quantitative estimate of drug-likeness (QED) is 0.698. The van der Waals surface area contributed by atoms with Gasteiger partial charge in [0.1, 0.15) is 6.10 Å². The fourth-order valence-corrected chi connectivity index (χ4v) is 3.47. The predicted molar refractivity (Wildman–Crippen MR) is 94.6 cm³/mol. The zero-order valence-corrected chi connectivity index (χ0v) is 14.4. The van der Waals surface area contributed by atoms with Crippen LogP contribution >= 0.6 is 0 Å². The minimum atomic E-state index is -0.946. The average molecular weight is 358 g/mol. The highest BCUT2D eigenvalue weighted by Crippen LogP contribution is 2.18. The van der Waals surface area contributed by atoms with E-state index in [1.54, 1.807) is 10.6 Å². The molecule has 1 atom stereocenters. The second-order valence-electron chi connectivity index (χ2n) is 6.60. The monoisotopic (exact) mass is 358 g/mol. The number of para-hydroxylation sites is 2. The van der Waals surface area contributed by atoms with Crippen molar-refractivity contribution in [1.29, 1.82) is 0 Å². The molecule has 1 aliphatic heterocycles. The molecule has 0 bridgehead atoms. The number of oxazole rings is 1. The Labute approximate surface area is 149 Å². The molecule has 0 radical (unpaired) electrons. The second kappa shape index (κ2) is 7.06. The largest absolute Gasteiger partial charge is 0.419 e. The van der Waals surface area contributed by atoms with Crippen molar-refractivity contribution in [1.82, 2.24) is 19.2 Å². The molecule has 0 aliphatic carbocycles. The number of benzene rings is 1. The summed E-state index contributed by atoms with van der Waals surface area (Å²) in [7, 11) is 0. The molecular weight excluding hydrogens is 336 g/mol. The minimum absolute atomic E-state index is 0.334. The highest BCUT2D eigenvalue weighted by atomic mass is 16.4. The summed E-state index contributed by atoms with van der Waals surface area (Å²) in [5, 5.41) is 23.3. The van der Waals surface area contributed by atoms with Gasteiger partial charge in [-0.1, -0.05) is 12.1 Å². The lowest BCUT2D eigenvalue weighted by Crippen LogP contribution is -2.29. The predicted octanol–water partition coefficient (Wildman–Crippen LogP) is 0.723.